The molecule has 9 heteroatoms. The van der Waals surface area contributed by atoms with Crippen LogP contribution in [0.25, 0.3) is 50.3 Å². The fourth-order valence-corrected chi connectivity index (χ4v) is 5.07. The molecule has 0 N–H and O–H groups in total. The van der Waals surface area contributed by atoms with Crippen molar-refractivity contribution in [3.05, 3.63) is 152 Å². The second-order valence-electron chi connectivity index (χ2n) is 9.92. The van der Waals surface area contributed by atoms with E-state index in [9.17, 15) is 0 Å². The van der Waals surface area contributed by atoms with Gasteiger partial charge in [0.25, 0.3) is 0 Å². The Balaban J connectivity index is 0.00000208. The first-order valence-electron chi connectivity index (χ1n) is 15.1. The predicted octanol–water partition coefficient (Wildman–Crippen LogP) is 8.48. The topological polar surface area (TPSA) is 75.0 Å². The predicted molar refractivity (Wildman–Crippen MR) is 171 cm³/mol. The van der Waals surface area contributed by atoms with Crippen LogP contribution in [-0.2, 0) is 40.8 Å². The van der Waals surface area contributed by atoms with Crippen molar-refractivity contribution in [2.24, 2.45) is 0 Å². The average molecular weight is 794 g/mol. The smallest absolute Gasteiger partial charge is 0.503 e. The van der Waals surface area contributed by atoms with Gasteiger partial charge in [0.2, 0.25) is 5.95 Å². The molecule has 0 aliphatic rings. The Morgan fingerprint density at radius 1 is 0.489 bits per heavy atom. The van der Waals surface area contributed by atoms with E-state index in [1.807, 2.05) is 97.1 Å². The molecule has 0 aliphatic carbocycles. The van der Waals surface area contributed by atoms with Crippen molar-refractivity contribution < 1.29 is 53.1 Å². The fourth-order valence-electron chi connectivity index (χ4n) is 5.07. The average Bonchev–Trinajstić information content (AvgIpc) is 3.41. The van der Waals surface area contributed by atoms with Crippen molar-refractivity contribution in [1.29, 1.82) is 0 Å². The zero-order valence-corrected chi connectivity index (χ0v) is 27.3. The second-order valence-corrected chi connectivity index (χ2v) is 9.92. The summed E-state index contributed by atoms with van der Waals surface area (Å²) in [4.78, 5) is 17.5. The molecule has 4 heterocycles. The molecule has 0 radical (unpaired) electrons. The summed E-state index contributed by atoms with van der Waals surface area (Å²) < 4.78 is 30.5. The van der Waals surface area contributed by atoms with Crippen molar-refractivity contribution in [1.82, 2.24) is 24.5 Å². The van der Waals surface area contributed by atoms with Gasteiger partial charge in [-0.05, 0) is 29.6 Å². The van der Waals surface area contributed by atoms with E-state index >= 15 is 0 Å². The zero-order valence-electron chi connectivity index (χ0n) is 26.2. The van der Waals surface area contributed by atoms with Gasteiger partial charge in [0.15, 0.2) is 0 Å². The van der Waals surface area contributed by atoms with Gasteiger partial charge >= 0.3 is 40.8 Å². The summed E-state index contributed by atoms with van der Waals surface area (Å²) in [6, 6.07) is 44.7. The molecule has 0 fully saturated rings. The minimum absolute atomic E-state index is 0. The monoisotopic (exact) mass is 793 g/mol. The number of ether oxygens (including phenoxy) is 2. The molecular weight excluding hydrogens is 771 g/mol. The van der Waals surface area contributed by atoms with Gasteiger partial charge in [0.05, 0.1) is 2.74 Å². The Kier molecular flexibility index (Phi) is 8.87. The molecule has 0 saturated carbocycles. The van der Waals surface area contributed by atoms with Gasteiger partial charge in [-0.25, -0.2) is 9.97 Å². The van der Waals surface area contributed by atoms with Gasteiger partial charge < -0.3 is 24.0 Å². The maximum Gasteiger partial charge on any atom is 2.00 e. The van der Waals surface area contributed by atoms with Crippen molar-refractivity contribution in [3.63, 3.8) is 0 Å². The molecule has 0 saturated heterocycles. The standard InChI is InChI=1S/C38H21N5O2.2Pd/c1-3-18-39-34(12-1)26-8-5-10-28(22-26)44-30-14-16-32-33-17-15-31(25-37(33)43(36(32)24-30)38-41-20-7-21-42-38)45-29-11-6-9-27(23-29)35-13-2-4-19-40-35;;/h1-21H;;/q-4;2*+2/i20D,21D;;. The molecule has 0 amide bonds. The van der Waals surface area contributed by atoms with Crippen LogP contribution in [0.5, 0.6) is 23.0 Å². The molecule has 8 aromatic rings. The summed E-state index contributed by atoms with van der Waals surface area (Å²) in [6.07, 6.45) is 3.30. The van der Waals surface area contributed by atoms with Crippen LogP contribution in [0.4, 0.5) is 0 Å². The maximum atomic E-state index is 8.19. The molecule has 47 heavy (non-hydrogen) atoms. The molecule has 8 rings (SSSR count). The summed E-state index contributed by atoms with van der Waals surface area (Å²) in [7, 11) is 0. The third-order valence-corrected chi connectivity index (χ3v) is 7.05. The third kappa shape index (κ3) is 6.62. The molecule has 230 valence electrons. The number of nitrogens with zero attached hydrogens (tertiary/aromatic N) is 5. The Morgan fingerprint density at radius 2 is 0.979 bits per heavy atom. The van der Waals surface area contributed by atoms with E-state index in [1.54, 1.807) is 17.0 Å². The minimum atomic E-state index is -0.0864. The van der Waals surface area contributed by atoms with Crippen LogP contribution in [0.2, 0.25) is 0 Å². The number of pyridine rings is 2. The van der Waals surface area contributed by atoms with E-state index in [0.717, 1.165) is 33.3 Å². The van der Waals surface area contributed by atoms with Crippen LogP contribution in [-0.4, -0.2) is 24.5 Å². The Morgan fingerprint density at radius 3 is 1.45 bits per heavy atom. The number of hydrogen-bond donors (Lipinski definition) is 0. The van der Waals surface area contributed by atoms with Gasteiger partial charge in [0, 0.05) is 47.7 Å². The first kappa shape index (κ1) is 29.4. The third-order valence-electron chi connectivity index (χ3n) is 7.05. The normalized spacial score (nSPS) is 11.2. The maximum absolute atomic E-state index is 8.19. The number of benzene rings is 4. The first-order chi connectivity index (χ1) is 23.1. The van der Waals surface area contributed by atoms with Gasteiger partial charge in [-0.1, -0.05) is 47.4 Å². The van der Waals surface area contributed by atoms with E-state index in [1.165, 1.54) is 6.07 Å². The molecule has 4 aromatic heterocycles. The van der Waals surface area contributed by atoms with Crippen molar-refractivity contribution >= 4 is 21.8 Å². The summed E-state index contributed by atoms with van der Waals surface area (Å²) in [5, 5.41) is 1.66. The van der Waals surface area contributed by atoms with Crippen LogP contribution in [0.1, 0.15) is 2.74 Å². The van der Waals surface area contributed by atoms with Crippen molar-refractivity contribution in [2.45, 2.75) is 0 Å². The van der Waals surface area contributed by atoms with E-state index in [2.05, 4.69) is 44.2 Å². The number of hydrogen-bond acceptors (Lipinski definition) is 6. The number of fused-ring (bicyclic) bond motifs is 3. The fraction of sp³-hybridized carbons (Fsp3) is 0. The number of aromatic nitrogens is 5. The Labute approximate surface area is 301 Å². The van der Waals surface area contributed by atoms with Gasteiger partial charge in [-0.15, -0.1) is 71.8 Å². The van der Waals surface area contributed by atoms with Gasteiger partial charge in [0.1, 0.15) is 0 Å². The minimum Gasteiger partial charge on any atom is -0.503 e. The van der Waals surface area contributed by atoms with Gasteiger partial charge in [-0.3, -0.25) is 0 Å². The molecule has 0 bridgehead atoms. The molecule has 0 aliphatic heterocycles. The van der Waals surface area contributed by atoms with Crippen LogP contribution in [0.15, 0.2) is 128 Å². The van der Waals surface area contributed by atoms with Crippen molar-refractivity contribution in [2.75, 3.05) is 0 Å². The second kappa shape index (κ2) is 14.2. The Bertz CT molecular complexity index is 2250. The van der Waals surface area contributed by atoms with E-state index in [-0.39, 0.29) is 59.1 Å². The van der Waals surface area contributed by atoms with Gasteiger partial charge in [-0.2, -0.15) is 22.9 Å². The zero-order chi connectivity index (χ0) is 31.7. The molecular formula is C38H21N5O2Pd2. The number of rotatable bonds is 7. The van der Waals surface area contributed by atoms with E-state index in [4.69, 9.17) is 12.2 Å². The summed E-state index contributed by atoms with van der Waals surface area (Å²) >= 11 is 0. The molecule has 0 spiro atoms. The van der Waals surface area contributed by atoms with Crippen LogP contribution >= 0.6 is 0 Å². The molecule has 7 nitrogen and oxygen atoms in total. The quantitative estimate of drug-likeness (QED) is 0.119. The SMILES string of the molecule is [2H]c1cc([2H])nc(-n2c3[c-]c(Oc4[c-]c(-c5ccccn5)ccc4)ccc3c3ccc(Oc4[c-]c(-c5ccccn5)ccc4)[c-]c32)n1.[Pd+2].[Pd+2]. The van der Waals surface area contributed by atoms with E-state index < -0.39 is 0 Å². The van der Waals surface area contributed by atoms with Crippen LogP contribution < -0.4 is 9.47 Å². The van der Waals surface area contributed by atoms with Crippen LogP contribution in [0, 0.1) is 24.3 Å². The first-order valence-corrected chi connectivity index (χ1v) is 14.1. The summed E-state index contributed by atoms with van der Waals surface area (Å²) in [6.45, 7) is 0. The van der Waals surface area contributed by atoms with Crippen LogP contribution in [0.3, 0.4) is 0 Å². The molecule has 4 aromatic carbocycles. The molecule has 0 unspecified atom stereocenters. The van der Waals surface area contributed by atoms with E-state index in [0.29, 0.717) is 34.0 Å². The summed E-state index contributed by atoms with van der Waals surface area (Å²) in [5.74, 6) is 1.99. The Hall–Kier alpha value is -5.02. The summed E-state index contributed by atoms with van der Waals surface area (Å²) in [5.41, 5.74) is 4.33. The largest absolute Gasteiger partial charge is 2.00 e. The van der Waals surface area contributed by atoms with Crippen molar-refractivity contribution in [3.8, 4) is 51.5 Å². The molecule has 0 atom stereocenters.